The van der Waals surface area contributed by atoms with Gasteiger partial charge >= 0.3 is 0 Å². The van der Waals surface area contributed by atoms with Gasteiger partial charge in [-0.05, 0) is 23.3 Å². The van der Waals surface area contributed by atoms with Crippen LogP contribution >= 0.6 is 11.8 Å². The van der Waals surface area contributed by atoms with Crippen LogP contribution in [0.4, 0.5) is 0 Å². The molecular weight excluding hydrogens is 142 g/mol. The van der Waals surface area contributed by atoms with Crippen molar-refractivity contribution in [1.82, 2.24) is 5.32 Å². The summed E-state index contributed by atoms with van der Waals surface area (Å²) in [5.41, 5.74) is 0.641. The number of thioether (sulfide) groups is 1. The normalized spacial score (nSPS) is 22.2. The zero-order chi connectivity index (χ0) is 7.45. The highest BCUT2D eigenvalue weighted by atomic mass is 32.2. The van der Waals surface area contributed by atoms with Crippen LogP contribution in [0.5, 0.6) is 0 Å². The molecule has 1 N–H and O–H groups in total. The predicted molar refractivity (Wildman–Crippen MR) is 48.6 cm³/mol. The Balaban J connectivity index is 2.01. The topological polar surface area (TPSA) is 12.0 Å². The lowest BCUT2D eigenvalue weighted by atomic mass is 9.82. The largest absolute Gasteiger partial charge is 0.316 e. The van der Waals surface area contributed by atoms with Gasteiger partial charge in [-0.25, -0.2) is 0 Å². The monoisotopic (exact) mass is 159 g/mol. The van der Waals surface area contributed by atoms with Crippen LogP contribution in [0.2, 0.25) is 0 Å². The summed E-state index contributed by atoms with van der Waals surface area (Å²) >= 11 is 2.06. The summed E-state index contributed by atoms with van der Waals surface area (Å²) < 4.78 is 0. The van der Waals surface area contributed by atoms with Gasteiger partial charge in [0.25, 0.3) is 0 Å². The Hall–Kier alpha value is 0.310. The Morgan fingerprint density at radius 3 is 2.60 bits per heavy atom. The summed E-state index contributed by atoms with van der Waals surface area (Å²) in [5, 5.41) is 3.32. The SMILES string of the molecule is CCSCCC1(C)CNC1. The standard InChI is InChI=1S/C8H17NS/c1-3-10-5-4-8(2)6-9-7-8/h9H,3-7H2,1-2H3. The molecule has 0 aromatic carbocycles. The van der Waals surface area contributed by atoms with Crippen LogP contribution in [0.1, 0.15) is 20.3 Å². The van der Waals surface area contributed by atoms with Gasteiger partial charge in [-0.3, -0.25) is 0 Å². The molecule has 1 fully saturated rings. The van der Waals surface area contributed by atoms with Gasteiger partial charge in [0.1, 0.15) is 0 Å². The minimum absolute atomic E-state index is 0.641. The third-order valence-corrected chi connectivity index (χ3v) is 3.06. The molecule has 1 heterocycles. The summed E-state index contributed by atoms with van der Waals surface area (Å²) in [7, 11) is 0. The molecule has 1 aliphatic heterocycles. The summed E-state index contributed by atoms with van der Waals surface area (Å²) in [6, 6.07) is 0. The van der Waals surface area contributed by atoms with E-state index >= 15 is 0 Å². The molecule has 0 aromatic rings. The lowest BCUT2D eigenvalue weighted by Gasteiger charge is -2.39. The fourth-order valence-electron chi connectivity index (χ4n) is 1.19. The lowest BCUT2D eigenvalue weighted by Crippen LogP contribution is -2.51. The lowest BCUT2D eigenvalue weighted by molar-refractivity contribution is 0.190. The first kappa shape index (κ1) is 8.41. The smallest absolute Gasteiger partial charge is 0.00179 e. The molecular formula is C8H17NS. The maximum Gasteiger partial charge on any atom is 0.00179 e. The minimum atomic E-state index is 0.641. The molecule has 0 atom stereocenters. The molecule has 0 amide bonds. The Labute approximate surface area is 68.0 Å². The molecule has 0 bridgehead atoms. The molecule has 1 aliphatic rings. The predicted octanol–water partition coefficient (Wildman–Crippen LogP) is 1.74. The summed E-state index contributed by atoms with van der Waals surface area (Å²) in [6.45, 7) is 7.07. The van der Waals surface area contributed by atoms with Crippen LogP contribution in [0.15, 0.2) is 0 Å². The van der Waals surface area contributed by atoms with Gasteiger partial charge in [-0.2, -0.15) is 11.8 Å². The van der Waals surface area contributed by atoms with E-state index in [0.717, 1.165) is 0 Å². The second-order valence-electron chi connectivity index (χ2n) is 3.36. The van der Waals surface area contributed by atoms with Crippen LogP contribution in [-0.4, -0.2) is 24.6 Å². The maximum absolute atomic E-state index is 3.32. The molecule has 0 aromatic heterocycles. The van der Waals surface area contributed by atoms with E-state index in [9.17, 15) is 0 Å². The zero-order valence-corrected chi connectivity index (χ0v) is 7.76. The van der Waals surface area contributed by atoms with Gasteiger partial charge in [0.2, 0.25) is 0 Å². The minimum Gasteiger partial charge on any atom is -0.316 e. The van der Waals surface area contributed by atoms with E-state index in [4.69, 9.17) is 0 Å². The third kappa shape index (κ3) is 2.17. The molecule has 1 nitrogen and oxygen atoms in total. The van der Waals surface area contributed by atoms with E-state index in [1.54, 1.807) is 0 Å². The molecule has 0 spiro atoms. The van der Waals surface area contributed by atoms with Gasteiger partial charge in [0.15, 0.2) is 0 Å². The fraction of sp³-hybridized carbons (Fsp3) is 1.00. The maximum atomic E-state index is 3.32. The van der Waals surface area contributed by atoms with Gasteiger partial charge in [-0.1, -0.05) is 13.8 Å². The first-order chi connectivity index (χ1) is 4.77. The van der Waals surface area contributed by atoms with E-state index in [1.165, 1.54) is 31.0 Å². The number of nitrogens with one attached hydrogen (secondary N) is 1. The zero-order valence-electron chi connectivity index (χ0n) is 6.94. The Morgan fingerprint density at radius 2 is 2.20 bits per heavy atom. The highest BCUT2D eigenvalue weighted by Crippen LogP contribution is 2.27. The highest BCUT2D eigenvalue weighted by molar-refractivity contribution is 7.99. The number of hydrogen-bond acceptors (Lipinski definition) is 2. The van der Waals surface area contributed by atoms with Crippen molar-refractivity contribution >= 4 is 11.8 Å². The van der Waals surface area contributed by atoms with E-state index in [2.05, 4.69) is 30.9 Å². The first-order valence-electron chi connectivity index (χ1n) is 4.05. The molecule has 1 rings (SSSR count). The Morgan fingerprint density at radius 1 is 1.50 bits per heavy atom. The Bertz CT molecular complexity index is 99.4. The molecule has 10 heavy (non-hydrogen) atoms. The van der Waals surface area contributed by atoms with E-state index in [0.29, 0.717) is 5.41 Å². The van der Waals surface area contributed by atoms with Crippen molar-refractivity contribution in [2.24, 2.45) is 5.41 Å². The van der Waals surface area contributed by atoms with Crippen LogP contribution < -0.4 is 5.32 Å². The fourth-order valence-corrected chi connectivity index (χ4v) is 2.12. The number of rotatable bonds is 4. The van der Waals surface area contributed by atoms with Crippen LogP contribution in [0.3, 0.4) is 0 Å². The summed E-state index contributed by atoms with van der Waals surface area (Å²) in [4.78, 5) is 0. The third-order valence-electron chi connectivity index (χ3n) is 2.16. The molecule has 0 aliphatic carbocycles. The van der Waals surface area contributed by atoms with Crippen molar-refractivity contribution < 1.29 is 0 Å². The van der Waals surface area contributed by atoms with Crippen LogP contribution in [0.25, 0.3) is 0 Å². The van der Waals surface area contributed by atoms with E-state index < -0.39 is 0 Å². The van der Waals surface area contributed by atoms with Gasteiger partial charge in [-0.15, -0.1) is 0 Å². The van der Waals surface area contributed by atoms with E-state index in [1.807, 2.05) is 0 Å². The van der Waals surface area contributed by atoms with Crippen molar-refractivity contribution in [3.8, 4) is 0 Å². The quantitative estimate of drug-likeness (QED) is 0.627. The number of hydrogen-bond donors (Lipinski definition) is 1. The second kappa shape index (κ2) is 3.63. The van der Waals surface area contributed by atoms with Crippen molar-refractivity contribution in [2.45, 2.75) is 20.3 Å². The van der Waals surface area contributed by atoms with Crippen molar-refractivity contribution in [3.05, 3.63) is 0 Å². The van der Waals surface area contributed by atoms with Gasteiger partial charge in [0.05, 0.1) is 0 Å². The molecule has 60 valence electrons. The van der Waals surface area contributed by atoms with Crippen LogP contribution in [-0.2, 0) is 0 Å². The van der Waals surface area contributed by atoms with Gasteiger partial charge < -0.3 is 5.32 Å². The first-order valence-corrected chi connectivity index (χ1v) is 5.21. The van der Waals surface area contributed by atoms with Crippen molar-refractivity contribution in [1.29, 1.82) is 0 Å². The molecule has 0 saturated carbocycles. The van der Waals surface area contributed by atoms with E-state index in [-0.39, 0.29) is 0 Å². The molecule has 2 heteroatoms. The van der Waals surface area contributed by atoms with Crippen molar-refractivity contribution in [2.75, 3.05) is 24.6 Å². The average Bonchev–Trinajstić information content (AvgIpc) is 1.85. The average molecular weight is 159 g/mol. The van der Waals surface area contributed by atoms with Crippen molar-refractivity contribution in [3.63, 3.8) is 0 Å². The molecule has 1 saturated heterocycles. The summed E-state index contributed by atoms with van der Waals surface area (Å²) in [6.07, 6.45) is 1.39. The molecule has 0 radical (unpaired) electrons. The Kier molecular flexibility index (Phi) is 3.05. The summed E-state index contributed by atoms with van der Waals surface area (Å²) in [5.74, 6) is 2.61. The van der Waals surface area contributed by atoms with Crippen LogP contribution in [0, 0.1) is 5.41 Å². The van der Waals surface area contributed by atoms with Gasteiger partial charge in [0, 0.05) is 13.1 Å². The molecule has 0 unspecified atom stereocenters. The second-order valence-corrected chi connectivity index (χ2v) is 4.75. The highest BCUT2D eigenvalue weighted by Gasteiger charge is 2.30.